The number of aromatic nitrogens is 1. The molecule has 0 aliphatic heterocycles. The van der Waals surface area contributed by atoms with E-state index in [0.29, 0.717) is 6.54 Å². The molecule has 0 atom stereocenters. The smallest absolute Gasteiger partial charge is 0.0975 e. The van der Waals surface area contributed by atoms with Gasteiger partial charge in [0.05, 0.1) is 10.7 Å². The fraction of sp³-hybridized carbons (Fsp3) is 0.357. The number of hydrogen-bond acceptors (Lipinski definition) is 3. The van der Waals surface area contributed by atoms with E-state index in [1.165, 1.54) is 21.1 Å². The minimum absolute atomic E-state index is 0.613. The van der Waals surface area contributed by atoms with Crippen LogP contribution in [0.25, 0.3) is 0 Å². The summed E-state index contributed by atoms with van der Waals surface area (Å²) >= 11 is 1.76. The lowest BCUT2D eigenvalue weighted by Crippen LogP contribution is -1.98. The molecule has 0 spiro atoms. The minimum atomic E-state index is 0.613. The molecule has 0 radical (unpaired) electrons. The van der Waals surface area contributed by atoms with Crippen LogP contribution >= 0.6 is 11.3 Å². The molecule has 1 heterocycles. The van der Waals surface area contributed by atoms with Gasteiger partial charge in [0.2, 0.25) is 0 Å². The van der Waals surface area contributed by atoms with Crippen molar-refractivity contribution in [1.82, 2.24) is 4.98 Å². The average Bonchev–Trinajstić information content (AvgIpc) is 2.73. The summed E-state index contributed by atoms with van der Waals surface area (Å²) in [7, 11) is 0. The molecule has 0 aliphatic rings. The first-order valence-electron chi connectivity index (χ1n) is 6.05. The third kappa shape index (κ3) is 3.14. The zero-order valence-corrected chi connectivity index (χ0v) is 11.0. The van der Waals surface area contributed by atoms with Crippen molar-refractivity contribution in [3.05, 3.63) is 51.5 Å². The molecule has 1 aromatic carbocycles. The highest BCUT2D eigenvalue weighted by atomic mass is 32.1. The van der Waals surface area contributed by atoms with Gasteiger partial charge in [-0.05, 0) is 12.0 Å². The topological polar surface area (TPSA) is 38.9 Å². The summed E-state index contributed by atoms with van der Waals surface area (Å²) in [6.45, 7) is 2.79. The zero-order valence-electron chi connectivity index (χ0n) is 10.1. The number of nitrogens with two attached hydrogens (primary N) is 1. The molecule has 90 valence electrons. The molecular weight excluding hydrogens is 228 g/mol. The molecular formula is C14H18N2S. The van der Waals surface area contributed by atoms with Gasteiger partial charge >= 0.3 is 0 Å². The molecule has 0 saturated heterocycles. The van der Waals surface area contributed by atoms with Gasteiger partial charge in [0.1, 0.15) is 0 Å². The number of hydrogen-bond donors (Lipinski definition) is 1. The Morgan fingerprint density at radius 2 is 2.00 bits per heavy atom. The van der Waals surface area contributed by atoms with Crippen LogP contribution in [0.1, 0.15) is 34.5 Å². The Bertz CT molecular complexity index is 462. The largest absolute Gasteiger partial charge is 0.326 e. The van der Waals surface area contributed by atoms with Crippen molar-refractivity contribution in [3.8, 4) is 0 Å². The van der Waals surface area contributed by atoms with Gasteiger partial charge in [0, 0.05) is 17.8 Å². The van der Waals surface area contributed by atoms with E-state index in [2.05, 4.69) is 31.2 Å². The number of benzene rings is 1. The van der Waals surface area contributed by atoms with Crippen LogP contribution in [-0.2, 0) is 19.4 Å². The minimum Gasteiger partial charge on any atom is -0.326 e. The van der Waals surface area contributed by atoms with E-state index in [1.54, 1.807) is 11.3 Å². The lowest BCUT2D eigenvalue weighted by atomic mass is 10.2. The molecule has 2 aromatic rings. The van der Waals surface area contributed by atoms with Crippen LogP contribution in [-0.4, -0.2) is 4.98 Å². The first-order chi connectivity index (χ1) is 8.33. The van der Waals surface area contributed by atoms with Crippen LogP contribution < -0.4 is 5.73 Å². The molecule has 0 fully saturated rings. The molecule has 0 unspecified atom stereocenters. The molecule has 1 aromatic heterocycles. The van der Waals surface area contributed by atoms with Crippen molar-refractivity contribution in [2.75, 3.05) is 0 Å². The lowest BCUT2D eigenvalue weighted by molar-refractivity contribution is 0.863. The Kier molecular flexibility index (Phi) is 4.29. The van der Waals surface area contributed by atoms with Crippen molar-refractivity contribution in [1.29, 1.82) is 0 Å². The van der Waals surface area contributed by atoms with Crippen molar-refractivity contribution in [3.63, 3.8) is 0 Å². The maximum atomic E-state index is 5.76. The summed E-state index contributed by atoms with van der Waals surface area (Å²) in [6.07, 6.45) is 3.08. The van der Waals surface area contributed by atoms with Crippen LogP contribution in [0.15, 0.2) is 30.3 Å². The van der Waals surface area contributed by atoms with E-state index >= 15 is 0 Å². The highest BCUT2D eigenvalue weighted by molar-refractivity contribution is 7.11. The van der Waals surface area contributed by atoms with Crippen LogP contribution in [0.2, 0.25) is 0 Å². The summed E-state index contributed by atoms with van der Waals surface area (Å²) < 4.78 is 0. The lowest BCUT2D eigenvalue weighted by Gasteiger charge is -1.96. The van der Waals surface area contributed by atoms with Gasteiger partial charge in [-0.2, -0.15) is 0 Å². The quantitative estimate of drug-likeness (QED) is 0.880. The molecule has 17 heavy (non-hydrogen) atoms. The third-order valence-corrected chi connectivity index (χ3v) is 3.81. The van der Waals surface area contributed by atoms with E-state index in [-0.39, 0.29) is 0 Å². The molecule has 2 rings (SSSR count). The highest BCUT2D eigenvalue weighted by Gasteiger charge is 2.09. The monoisotopic (exact) mass is 246 g/mol. The van der Waals surface area contributed by atoms with Gasteiger partial charge in [-0.1, -0.05) is 43.7 Å². The predicted octanol–water partition coefficient (Wildman–Crippen LogP) is 3.15. The first kappa shape index (κ1) is 12.3. The van der Waals surface area contributed by atoms with Crippen LogP contribution in [0.4, 0.5) is 0 Å². The Morgan fingerprint density at radius 1 is 1.24 bits per heavy atom. The normalized spacial score (nSPS) is 10.7. The van der Waals surface area contributed by atoms with Gasteiger partial charge in [0.25, 0.3) is 0 Å². The number of aryl methyl sites for hydroxylation is 1. The Morgan fingerprint density at radius 3 is 2.65 bits per heavy atom. The second-order valence-corrected chi connectivity index (χ2v) is 5.26. The van der Waals surface area contributed by atoms with Crippen molar-refractivity contribution in [2.24, 2.45) is 5.73 Å². The second kappa shape index (κ2) is 5.94. The van der Waals surface area contributed by atoms with Crippen molar-refractivity contribution in [2.45, 2.75) is 32.7 Å². The van der Waals surface area contributed by atoms with E-state index in [4.69, 9.17) is 10.7 Å². The number of thiazole rings is 1. The molecule has 3 heteroatoms. The van der Waals surface area contributed by atoms with Gasteiger partial charge in [-0.15, -0.1) is 11.3 Å². The predicted molar refractivity (Wildman–Crippen MR) is 73.2 cm³/mol. The summed E-state index contributed by atoms with van der Waals surface area (Å²) in [5.41, 5.74) is 8.27. The standard InChI is InChI=1S/C14H18N2S/c1-2-6-12-13(10-15)17-14(16-12)9-11-7-4-3-5-8-11/h3-5,7-8H,2,6,9-10,15H2,1H3. The molecule has 2 nitrogen and oxygen atoms in total. The first-order valence-corrected chi connectivity index (χ1v) is 6.86. The maximum absolute atomic E-state index is 5.76. The fourth-order valence-corrected chi connectivity index (χ4v) is 2.90. The molecule has 0 saturated carbocycles. The van der Waals surface area contributed by atoms with Crippen LogP contribution in [0, 0.1) is 0 Å². The Labute approximate surface area is 107 Å². The van der Waals surface area contributed by atoms with E-state index in [0.717, 1.165) is 19.3 Å². The molecule has 2 N–H and O–H groups in total. The fourth-order valence-electron chi connectivity index (χ4n) is 1.87. The third-order valence-electron chi connectivity index (χ3n) is 2.69. The second-order valence-electron chi connectivity index (χ2n) is 4.09. The molecule has 0 bridgehead atoms. The van der Waals surface area contributed by atoms with Gasteiger partial charge < -0.3 is 5.73 Å². The maximum Gasteiger partial charge on any atom is 0.0975 e. The number of rotatable bonds is 5. The van der Waals surface area contributed by atoms with E-state index in [9.17, 15) is 0 Å². The average molecular weight is 246 g/mol. The zero-order chi connectivity index (χ0) is 12.1. The van der Waals surface area contributed by atoms with Crippen LogP contribution in [0.3, 0.4) is 0 Å². The summed E-state index contributed by atoms with van der Waals surface area (Å²) in [4.78, 5) is 5.95. The summed E-state index contributed by atoms with van der Waals surface area (Å²) in [5.74, 6) is 0. The van der Waals surface area contributed by atoms with Crippen molar-refractivity contribution < 1.29 is 0 Å². The van der Waals surface area contributed by atoms with E-state index < -0.39 is 0 Å². The highest BCUT2D eigenvalue weighted by Crippen LogP contribution is 2.21. The SMILES string of the molecule is CCCc1nc(Cc2ccccc2)sc1CN. The Balaban J connectivity index is 2.16. The summed E-state index contributed by atoms with van der Waals surface area (Å²) in [6, 6.07) is 10.5. The molecule has 0 aliphatic carbocycles. The van der Waals surface area contributed by atoms with Crippen molar-refractivity contribution >= 4 is 11.3 Å². The van der Waals surface area contributed by atoms with E-state index in [1.807, 2.05) is 6.07 Å². The van der Waals surface area contributed by atoms with Crippen LogP contribution in [0.5, 0.6) is 0 Å². The van der Waals surface area contributed by atoms with Gasteiger partial charge in [0.15, 0.2) is 0 Å². The van der Waals surface area contributed by atoms with Gasteiger partial charge in [-0.3, -0.25) is 0 Å². The summed E-state index contributed by atoms with van der Waals surface area (Å²) in [5, 5.41) is 1.18. The number of nitrogens with zero attached hydrogens (tertiary/aromatic N) is 1. The Hall–Kier alpha value is -1.19. The molecule has 0 amide bonds. The van der Waals surface area contributed by atoms with Gasteiger partial charge in [-0.25, -0.2) is 4.98 Å².